The second-order valence-electron chi connectivity index (χ2n) is 5.78. The van der Waals surface area contributed by atoms with Crippen molar-refractivity contribution in [3.8, 4) is 16.9 Å². The summed E-state index contributed by atoms with van der Waals surface area (Å²) in [7, 11) is 0. The Morgan fingerprint density at radius 1 is 0.963 bits per heavy atom. The van der Waals surface area contributed by atoms with E-state index in [0.717, 1.165) is 35.9 Å². The first-order valence-electron chi connectivity index (χ1n) is 8.27. The molecule has 0 aliphatic rings. The van der Waals surface area contributed by atoms with Gasteiger partial charge >= 0.3 is 5.97 Å². The van der Waals surface area contributed by atoms with E-state index in [-0.39, 0.29) is 12.3 Å². The Morgan fingerprint density at radius 3 is 2.30 bits per heavy atom. The van der Waals surface area contributed by atoms with Crippen molar-refractivity contribution in [2.75, 3.05) is 0 Å². The number of amides is 1. The molecule has 1 N–H and O–H groups in total. The molecule has 0 radical (unpaired) electrons. The van der Waals surface area contributed by atoms with Gasteiger partial charge < -0.3 is 14.5 Å². The molecule has 0 unspecified atom stereocenters. The maximum atomic E-state index is 12.3. The molecule has 6 nitrogen and oxygen atoms in total. The molecule has 1 amide bonds. The van der Waals surface area contributed by atoms with Gasteiger partial charge in [0.25, 0.3) is 5.91 Å². The van der Waals surface area contributed by atoms with E-state index in [4.69, 9.17) is 9.15 Å². The monoisotopic (exact) mass is 363 g/mol. The molecule has 0 aliphatic heterocycles. The number of nitrogens with one attached hydrogen (secondary N) is 1. The van der Waals surface area contributed by atoms with Crippen LogP contribution in [0.5, 0.6) is 5.75 Å². The van der Waals surface area contributed by atoms with Crippen molar-refractivity contribution >= 4 is 11.9 Å². The summed E-state index contributed by atoms with van der Waals surface area (Å²) >= 11 is 0. The second kappa shape index (κ2) is 8.14. The van der Waals surface area contributed by atoms with Gasteiger partial charge in [0.15, 0.2) is 0 Å². The van der Waals surface area contributed by atoms with E-state index in [1.165, 1.54) is 0 Å². The fourth-order valence-corrected chi connectivity index (χ4v) is 2.51. The Bertz CT molecular complexity index is 1010. The summed E-state index contributed by atoms with van der Waals surface area (Å²) < 4.78 is 9.89. The lowest BCUT2D eigenvalue weighted by molar-refractivity contribution is -0.132. The van der Waals surface area contributed by atoms with Crippen molar-refractivity contribution in [1.29, 1.82) is 0 Å². The third-order valence-electron chi connectivity index (χ3n) is 3.80. The van der Waals surface area contributed by atoms with Crippen LogP contribution in [0.2, 0.25) is 0 Å². The van der Waals surface area contributed by atoms with Gasteiger partial charge in [0, 0.05) is 19.5 Å². The lowest BCUT2D eigenvalue weighted by Crippen LogP contribution is -2.26. The van der Waals surface area contributed by atoms with Crippen LogP contribution in [0.3, 0.4) is 0 Å². The summed E-state index contributed by atoms with van der Waals surface area (Å²) in [6.07, 6.45) is 1.08. The highest BCUT2D eigenvalue weighted by atomic mass is 16.5. The molecule has 6 heteroatoms. The van der Waals surface area contributed by atoms with E-state index >= 15 is 0 Å². The van der Waals surface area contributed by atoms with Crippen molar-refractivity contribution < 1.29 is 18.7 Å². The van der Waals surface area contributed by atoms with E-state index < -0.39 is 23.1 Å². The first-order valence-corrected chi connectivity index (χ1v) is 8.27. The Balaban J connectivity index is 1.70. The molecule has 0 atom stereocenters. The number of hydrogen-bond acceptors (Lipinski definition) is 5. The topological polar surface area (TPSA) is 85.6 Å². The maximum Gasteiger partial charge on any atom is 0.308 e. The van der Waals surface area contributed by atoms with E-state index in [9.17, 15) is 14.4 Å². The largest absolute Gasteiger partial charge is 0.455 e. The van der Waals surface area contributed by atoms with Crippen molar-refractivity contribution in [1.82, 2.24) is 5.32 Å². The molecule has 27 heavy (non-hydrogen) atoms. The van der Waals surface area contributed by atoms with E-state index in [1.807, 2.05) is 54.6 Å². The van der Waals surface area contributed by atoms with Gasteiger partial charge in [-0.15, -0.1) is 0 Å². The average molecular weight is 363 g/mol. The first-order chi connectivity index (χ1) is 13.0. The van der Waals surface area contributed by atoms with Crippen LogP contribution in [0.25, 0.3) is 11.1 Å². The molecule has 3 aromatic rings. The number of carbonyl (C=O) groups excluding carboxylic acids is 2. The summed E-state index contributed by atoms with van der Waals surface area (Å²) in [6, 6.07) is 18.7. The molecule has 136 valence electrons. The van der Waals surface area contributed by atoms with Crippen LogP contribution in [-0.2, 0) is 11.3 Å². The first kappa shape index (κ1) is 18.1. The Hall–Kier alpha value is -3.67. The van der Waals surface area contributed by atoms with Crippen LogP contribution in [0, 0.1) is 0 Å². The highest BCUT2D eigenvalue weighted by Crippen LogP contribution is 2.19. The van der Waals surface area contributed by atoms with Gasteiger partial charge in [-0.1, -0.05) is 54.6 Å². The minimum Gasteiger partial charge on any atom is -0.455 e. The van der Waals surface area contributed by atoms with Crippen LogP contribution in [-0.4, -0.2) is 11.9 Å². The third kappa shape index (κ3) is 4.49. The van der Waals surface area contributed by atoms with Crippen LogP contribution in [0.4, 0.5) is 0 Å². The Labute approximate surface area is 155 Å². The minimum atomic E-state index is -0.709. The van der Waals surface area contributed by atoms with Gasteiger partial charge in [0.05, 0.1) is 6.26 Å². The zero-order valence-electron chi connectivity index (χ0n) is 14.6. The standard InChI is InChI=1S/C21H17NO5/c1-14(23)27-19-18(24)11-12-26-20(19)21(25)22-13-15-7-9-17(10-8-15)16-5-3-2-4-6-16/h2-12H,13H2,1H3,(H,22,25). The zero-order chi connectivity index (χ0) is 19.2. The van der Waals surface area contributed by atoms with E-state index in [1.54, 1.807) is 0 Å². The summed E-state index contributed by atoms with van der Waals surface area (Å²) in [6.45, 7) is 1.37. The molecule has 3 rings (SSSR count). The predicted octanol–water partition coefficient (Wildman–Crippen LogP) is 3.16. The van der Waals surface area contributed by atoms with Crippen molar-refractivity contribution in [2.24, 2.45) is 0 Å². The molecule has 1 heterocycles. The summed E-state index contributed by atoms with van der Waals surface area (Å²) in [4.78, 5) is 35.3. The average Bonchev–Trinajstić information content (AvgIpc) is 2.68. The smallest absolute Gasteiger partial charge is 0.308 e. The highest BCUT2D eigenvalue weighted by Gasteiger charge is 2.20. The number of rotatable bonds is 5. The number of ether oxygens (including phenoxy) is 1. The van der Waals surface area contributed by atoms with Crippen LogP contribution in [0.1, 0.15) is 23.0 Å². The molecule has 0 saturated heterocycles. The quantitative estimate of drug-likeness (QED) is 0.704. The lowest BCUT2D eigenvalue weighted by Gasteiger charge is -2.08. The predicted molar refractivity (Wildman–Crippen MR) is 99.3 cm³/mol. The van der Waals surface area contributed by atoms with Crippen molar-refractivity contribution in [3.63, 3.8) is 0 Å². The Morgan fingerprint density at radius 2 is 1.63 bits per heavy atom. The second-order valence-corrected chi connectivity index (χ2v) is 5.78. The van der Waals surface area contributed by atoms with Gasteiger partial charge in [0.2, 0.25) is 16.9 Å². The van der Waals surface area contributed by atoms with Crippen LogP contribution < -0.4 is 15.5 Å². The lowest BCUT2D eigenvalue weighted by atomic mass is 10.0. The normalized spacial score (nSPS) is 10.3. The summed E-state index contributed by atoms with van der Waals surface area (Å²) in [5.41, 5.74) is 2.44. The molecular formula is C21H17NO5. The maximum absolute atomic E-state index is 12.3. The molecule has 0 bridgehead atoms. The number of benzene rings is 2. The van der Waals surface area contributed by atoms with Crippen LogP contribution >= 0.6 is 0 Å². The fraction of sp³-hybridized carbons (Fsp3) is 0.0952. The molecule has 0 aliphatic carbocycles. The van der Waals surface area contributed by atoms with Crippen molar-refractivity contribution in [3.05, 3.63) is 88.5 Å². The van der Waals surface area contributed by atoms with Crippen LogP contribution in [0.15, 0.2) is 76.1 Å². The third-order valence-corrected chi connectivity index (χ3v) is 3.80. The number of hydrogen-bond donors (Lipinski definition) is 1. The summed E-state index contributed by atoms with van der Waals surface area (Å²) in [5.74, 6) is -2.10. The number of carbonyl (C=O) groups is 2. The van der Waals surface area contributed by atoms with Gasteiger partial charge in [-0.3, -0.25) is 14.4 Å². The highest BCUT2D eigenvalue weighted by molar-refractivity contribution is 5.94. The fourth-order valence-electron chi connectivity index (χ4n) is 2.51. The zero-order valence-corrected chi connectivity index (χ0v) is 14.6. The van der Waals surface area contributed by atoms with Gasteiger partial charge in [-0.2, -0.15) is 0 Å². The number of esters is 1. The molecule has 0 saturated carbocycles. The van der Waals surface area contributed by atoms with Gasteiger partial charge in [-0.05, 0) is 16.7 Å². The molecular weight excluding hydrogens is 346 g/mol. The molecule has 1 aromatic heterocycles. The summed E-state index contributed by atoms with van der Waals surface area (Å²) in [5, 5.41) is 2.65. The van der Waals surface area contributed by atoms with E-state index in [0.29, 0.717) is 0 Å². The van der Waals surface area contributed by atoms with E-state index in [2.05, 4.69) is 5.32 Å². The minimum absolute atomic E-state index is 0.228. The van der Waals surface area contributed by atoms with Gasteiger partial charge in [0.1, 0.15) is 0 Å². The van der Waals surface area contributed by atoms with Gasteiger partial charge in [-0.25, -0.2) is 0 Å². The molecule has 0 fully saturated rings. The SMILES string of the molecule is CC(=O)Oc1c(C(=O)NCc2ccc(-c3ccccc3)cc2)occc1=O. The van der Waals surface area contributed by atoms with Crippen molar-refractivity contribution in [2.45, 2.75) is 13.5 Å². The molecule has 2 aromatic carbocycles. The molecule has 0 spiro atoms. The Kier molecular flexibility index (Phi) is 5.47.